The highest BCUT2D eigenvalue weighted by atomic mass is 32.2. The number of rotatable bonds is 7. The standard InChI is InChI=1S/C25H29N5OS/c1-5-6-7-8-9-22-28-30-23(26)21(24(31)27-25(30)32-22)15-19-14-17(3)29(18(19)4)20-12-10-16(2)11-13-20/h10-15,26H,5-9H2,1-4H3. The number of nitrogens with one attached hydrogen (secondary N) is 1. The van der Waals surface area contributed by atoms with E-state index >= 15 is 0 Å². The van der Waals surface area contributed by atoms with Gasteiger partial charge in [0.15, 0.2) is 5.84 Å². The lowest BCUT2D eigenvalue weighted by molar-refractivity contribution is -0.114. The minimum absolute atomic E-state index is 0.0937. The minimum atomic E-state index is -0.378. The number of nitrogens with zero attached hydrogens (tertiary/aromatic N) is 4. The number of aliphatic imine (C=N–C) groups is 1. The van der Waals surface area contributed by atoms with Crippen LogP contribution in [0.4, 0.5) is 0 Å². The van der Waals surface area contributed by atoms with E-state index in [9.17, 15) is 4.79 Å². The number of hydrazone groups is 1. The van der Waals surface area contributed by atoms with E-state index in [0.29, 0.717) is 5.17 Å². The fourth-order valence-corrected chi connectivity index (χ4v) is 4.94. The van der Waals surface area contributed by atoms with Gasteiger partial charge in [-0.2, -0.15) is 15.1 Å². The second-order valence-corrected chi connectivity index (χ2v) is 9.36. The van der Waals surface area contributed by atoms with E-state index in [4.69, 9.17) is 5.41 Å². The molecule has 7 heteroatoms. The number of fused-ring (bicyclic) bond motifs is 1. The number of hydrogen-bond acceptors (Lipinski definition) is 4. The lowest BCUT2D eigenvalue weighted by atomic mass is 10.1. The van der Waals surface area contributed by atoms with Crippen molar-refractivity contribution >= 4 is 39.8 Å². The van der Waals surface area contributed by atoms with Crippen LogP contribution in [0.15, 0.2) is 46.0 Å². The summed E-state index contributed by atoms with van der Waals surface area (Å²) < 4.78 is 2.16. The summed E-state index contributed by atoms with van der Waals surface area (Å²) in [5.41, 5.74) is 5.56. The third-order valence-electron chi connectivity index (χ3n) is 5.80. The molecule has 0 unspecified atom stereocenters. The lowest BCUT2D eigenvalue weighted by Crippen LogP contribution is -2.35. The number of hydrogen-bond donors (Lipinski definition) is 1. The van der Waals surface area contributed by atoms with E-state index in [1.165, 1.54) is 41.6 Å². The van der Waals surface area contributed by atoms with Gasteiger partial charge in [0.2, 0.25) is 5.17 Å². The SMILES string of the molecule is CCCCCCC1=NN2C(=N)C(=Cc3cc(C)n(-c4ccc(C)cc4)c3C)C(=O)N=C2S1. The summed E-state index contributed by atoms with van der Waals surface area (Å²) >= 11 is 1.41. The predicted molar refractivity (Wildman–Crippen MR) is 134 cm³/mol. The average Bonchev–Trinajstić information content (AvgIpc) is 3.29. The van der Waals surface area contributed by atoms with Gasteiger partial charge in [-0.25, -0.2) is 0 Å². The van der Waals surface area contributed by atoms with E-state index < -0.39 is 0 Å². The molecule has 1 aromatic carbocycles. The number of carbonyl (C=O) groups excluding carboxylic acids is 1. The highest BCUT2D eigenvalue weighted by Gasteiger charge is 2.35. The molecule has 2 aliphatic rings. The van der Waals surface area contributed by atoms with Gasteiger partial charge >= 0.3 is 0 Å². The molecule has 0 saturated heterocycles. The zero-order valence-corrected chi connectivity index (χ0v) is 19.9. The van der Waals surface area contributed by atoms with Crippen molar-refractivity contribution in [3.8, 4) is 5.69 Å². The Labute approximate surface area is 193 Å². The molecule has 1 N–H and O–H groups in total. The Hall–Kier alpha value is -2.93. The lowest BCUT2D eigenvalue weighted by Gasteiger charge is -2.20. The third-order valence-corrected chi connectivity index (χ3v) is 6.77. The van der Waals surface area contributed by atoms with Gasteiger partial charge in [-0.15, -0.1) is 0 Å². The van der Waals surface area contributed by atoms with Gasteiger partial charge in [0.25, 0.3) is 5.91 Å². The molecule has 0 spiro atoms. The molecule has 0 aliphatic carbocycles. The van der Waals surface area contributed by atoms with Gasteiger partial charge in [-0.3, -0.25) is 10.2 Å². The van der Waals surface area contributed by atoms with Crippen LogP contribution in [0.2, 0.25) is 0 Å². The molecule has 6 nitrogen and oxygen atoms in total. The van der Waals surface area contributed by atoms with E-state index in [2.05, 4.69) is 52.8 Å². The molecule has 0 atom stereocenters. The number of benzene rings is 1. The molecule has 0 fully saturated rings. The molecule has 0 saturated carbocycles. The number of unbranched alkanes of at least 4 members (excludes halogenated alkanes) is 3. The second kappa shape index (κ2) is 9.28. The first kappa shape index (κ1) is 22.3. The number of carbonyl (C=O) groups is 1. The number of amides is 1. The number of aromatic nitrogens is 1. The number of amidine groups is 2. The topological polar surface area (TPSA) is 73.8 Å². The van der Waals surface area contributed by atoms with Gasteiger partial charge < -0.3 is 4.57 Å². The van der Waals surface area contributed by atoms with Gasteiger partial charge in [-0.05, 0) is 75.2 Å². The van der Waals surface area contributed by atoms with Crippen LogP contribution in [0.25, 0.3) is 11.8 Å². The predicted octanol–water partition coefficient (Wildman–Crippen LogP) is 5.99. The molecule has 1 amide bonds. The molecule has 1 aromatic heterocycles. The third kappa shape index (κ3) is 4.35. The van der Waals surface area contributed by atoms with Gasteiger partial charge in [0.05, 0.1) is 5.57 Å². The summed E-state index contributed by atoms with van der Waals surface area (Å²) in [6, 6.07) is 10.4. The molecule has 0 bridgehead atoms. The van der Waals surface area contributed by atoms with E-state index in [1.54, 1.807) is 6.08 Å². The zero-order valence-electron chi connectivity index (χ0n) is 19.1. The highest BCUT2D eigenvalue weighted by molar-refractivity contribution is 8.26. The summed E-state index contributed by atoms with van der Waals surface area (Å²) in [6.07, 6.45) is 7.27. The molecule has 2 aliphatic heterocycles. The van der Waals surface area contributed by atoms with Gasteiger partial charge in [0, 0.05) is 17.1 Å². The van der Waals surface area contributed by atoms with Crippen LogP contribution in [-0.2, 0) is 4.79 Å². The quantitative estimate of drug-likeness (QED) is 0.418. The normalized spacial score (nSPS) is 17.1. The van der Waals surface area contributed by atoms with Crippen molar-refractivity contribution < 1.29 is 4.79 Å². The Kier molecular flexibility index (Phi) is 6.46. The smallest absolute Gasteiger partial charge is 0.283 e. The monoisotopic (exact) mass is 447 g/mol. The Balaban J connectivity index is 1.60. The Morgan fingerprint density at radius 1 is 1.09 bits per heavy atom. The highest BCUT2D eigenvalue weighted by Crippen LogP contribution is 2.31. The maximum Gasteiger partial charge on any atom is 0.283 e. The van der Waals surface area contributed by atoms with Crippen LogP contribution in [0.3, 0.4) is 0 Å². The Morgan fingerprint density at radius 3 is 2.56 bits per heavy atom. The molecule has 2 aromatic rings. The minimum Gasteiger partial charge on any atom is -0.318 e. The first-order valence-corrected chi connectivity index (χ1v) is 12.0. The van der Waals surface area contributed by atoms with Crippen LogP contribution in [-0.4, -0.2) is 31.5 Å². The van der Waals surface area contributed by atoms with Crippen molar-refractivity contribution in [3.05, 3.63) is 58.4 Å². The maximum absolute atomic E-state index is 12.8. The molecule has 3 heterocycles. The second-order valence-electron chi connectivity index (χ2n) is 8.32. The first-order chi connectivity index (χ1) is 15.4. The van der Waals surface area contributed by atoms with Crippen molar-refractivity contribution in [2.75, 3.05) is 0 Å². The van der Waals surface area contributed by atoms with Crippen LogP contribution < -0.4 is 0 Å². The summed E-state index contributed by atoms with van der Waals surface area (Å²) in [5, 5.41) is 16.1. The number of aryl methyl sites for hydroxylation is 2. The maximum atomic E-state index is 12.8. The molecular formula is C25H29N5OS. The fraction of sp³-hybridized carbons (Fsp3) is 0.360. The van der Waals surface area contributed by atoms with E-state index in [0.717, 1.165) is 40.5 Å². The van der Waals surface area contributed by atoms with Crippen molar-refractivity contribution in [1.82, 2.24) is 9.58 Å². The van der Waals surface area contributed by atoms with Crippen LogP contribution in [0.5, 0.6) is 0 Å². The first-order valence-electron chi connectivity index (χ1n) is 11.1. The largest absolute Gasteiger partial charge is 0.318 e. The fourth-order valence-electron chi connectivity index (χ4n) is 4.02. The summed E-state index contributed by atoms with van der Waals surface area (Å²) in [6.45, 7) is 8.34. The summed E-state index contributed by atoms with van der Waals surface area (Å²) in [4.78, 5) is 17.0. The van der Waals surface area contributed by atoms with Crippen molar-refractivity contribution in [1.29, 1.82) is 5.41 Å². The van der Waals surface area contributed by atoms with Crippen molar-refractivity contribution in [2.45, 2.75) is 59.8 Å². The van der Waals surface area contributed by atoms with Gasteiger partial charge in [0.1, 0.15) is 5.04 Å². The van der Waals surface area contributed by atoms with Crippen LogP contribution >= 0.6 is 11.8 Å². The van der Waals surface area contributed by atoms with Crippen LogP contribution in [0, 0.1) is 26.2 Å². The number of thioether (sulfide) groups is 1. The Morgan fingerprint density at radius 2 is 1.84 bits per heavy atom. The molecular weight excluding hydrogens is 418 g/mol. The zero-order chi connectivity index (χ0) is 22.8. The molecule has 32 heavy (non-hydrogen) atoms. The van der Waals surface area contributed by atoms with Gasteiger partial charge in [-0.1, -0.05) is 43.9 Å². The molecule has 4 rings (SSSR count). The molecule has 0 radical (unpaired) electrons. The van der Waals surface area contributed by atoms with Crippen molar-refractivity contribution in [2.24, 2.45) is 10.1 Å². The Bertz CT molecular complexity index is 1150. The van der Waals surface area contributed by atoms with Crippen LogP contribution in [0.1, 0.15) is 61.5 Å². The average molecular weight is 448 g/mol. The molecule has 166 valence electrons. The van der Waals surface area contributed by atoms with E-state index in [1.807, 2.05) is 19.9 Å². The summed E-state index contributed by atoms with van der Waals surface area (Å²) in [7, 11) is 0. The van der Waals surface area contributed by atoms with E-state index in [-0.39, 0.29) is 17.3 Å². The van der Waals surface area contributed by atoms with Crippen molar-refractivity contribution in [3.63, 3.8) is 0 Å². The summed E-state index contributed by atoms with van der Waals surface area (Å²) in [5.74, 6) is -0.285.